The second-order valence-corrected chi connectivity index (χ2v) is 27.7. The Hall–Kier alpha value is 0.376. The van der Waals surface area contributed by atoms with Gasteiger partial charge in [0.2, 0.25) is 0 Å². The van der Waals surface area contributed by atoms with Crippen LogP contribution < -0.4 is 0 Å². The molecule has 1 nitrogen and oxygen atoms in total. The molecule has 0 aliphatic heterocycles. The van der Waals surface area contributed by atoms with Crippen LogP contribution in [0.4, 0.5) is 0 Å². The first-order valence-electron chi connectivity index (χ1n) is 10.3. The third-order valence-corrected chi connectivity index (χ3v) is 24.8. The molecule has 0 atom stereocenters. The molecule has 24 heavy (non-hydrogen) atoms. The van der Waals surface area contributed by atoms with Crippen molar-refractivity contribution in [3.8, 4) is 12.0 Å². The van der Waals surface area contributed by atoms with Crippen molar-refractivity contribution in [3.05, 3.63) is 0 Å². The first-order valence-corrected chi connectivity index (χ1v) is 21.3. The molecule has 0 aromatic heterocycles. The number of rotatable bonds is 11. The molecular formula is C21H44OSiSn. The van der Waals surface area contributed by atoms with Crippen LogP contribution in [0.5, 0.6) is 0 Å². The predicted octanol–water partition coefficient (Wildman–Crippen LogP) is 7.82. The first kappa shape index (κ1) is 24.4. The van der Waals surface area contributed by atoms with Crippen molar-refractivity contribution in [2.24, 2.45) is 0 Å². The van der Waals surface area contributed by atoms with Crippen LogP contribution in [0, 0.1) is 12.0 Å². The van der Waals surface area contributed by atoms with Gasteiger partial charge in [0.05, 0.1) is 0 Å². The van der Waals surface area contributed by atoms with Crippen molar-refractivity contribution >= 4 is 26.7 Å². The van der Waals surface area contributed by atoms with Crippen LogP contribution in [0.25, 0.3) is 0 Å². The van der Waals surface area contributed by atoms with Crippen LogP contribution in [-0.4, -0.2) is 26.7 Å². The molecule has 0 heterocycles. The van der Waals surface area contributed by atoms with Gasteiger partial charge in [-0.3, -0.25) is 0 Å². The average Bonchev–Trinajstić information content (AvgIpc) is 2.51. The molecule has 0 saturated heterocycles. The fourth-order valence-corrected chi connectivity index (χ4v) is 17.8. The molecule has 0 spiro atoms. The molecule has 0 N–H and O–H groups in total. The summed E-state index contributed by atoms with van der Waals surface area (Å²) in [5.74, 6) is 3.54. The second-order valence-electron chi connectivity index (χ2n) is 9.13. The van der Waals surface area contributed by atoms with Crippen LogP contribution in [0.2, 0.25) is 35.9 Å². The Balaban J connectivity index is 5.00. The van der Waals surface area contributed by atoms with Gasteiger partial charge in [-0.05, 0) is 0 Å². The van der Waals surface area contributed by atoms with E-state index in [1.54, 1.807) is 13.3 Å². The van der Waals surface area contributed by atoms with Crippen molar-refractivity contribution in [2.45, 2.75) is 116 Å². The summed E-state index contributed by atoms with van der Waals surface area (Å²) in [6.45, 7) is 18.5. The quantitative estimate of drug-likeness (QED) is 0.226. The molecule has 0 radical (unpaired) electrons. The van der Waals surface area contributed by atoms with E-state index in [0.717, 1.165) is 0 Å². The Morgan fingerprint density at radius 2 is 1.25 bits per heavy atom. The molecule has 0 aliphatic rings. The van der Waals surface area contributed by atoms with E-state index in [9.17, 15) is 0 Å². The monoisotopic (exact) mass is 460 g/mol. The summed E-state index contributed by atoms with van der Waals surface area (Å²) in [6, 6.07) is 0. The van der Waals surface area contributed by atoms with Crippen LogP contribution in [-0.2, 0) is 4.43 Å². The molecule has 0 aromatic carbocycles. The summed E-state index contributed by atoms with van der Waals surface area (Å²) in [6.07, 6.45) is 11.5. The van der Waals surface area contributed by atoms with Gasteiger partial charge in [0.25, 0.3) is 0 Å². The Morgan fingerprint density at radius 3 is 1.58 bits per heavy atom. The topological polar surface area (TPSA) is 9.23 Å². The van der Waals surface area contributed by atoms with E-state index < -0.39 is 26.7 Å². The summed E-state index contributed by atoms with van der Waals surface area (Å²) in [7, 11) is -1.73. The van der Waals surface area contributed by atoms with E-state index in [1.807, 2.05) is 0 Å². The van der Waals surface area contributed by atoms with Crippen molar-refractivity contribution in [2.75, 3.05) is 0 Å². The fourth-order valence-electron chi connectivity index (χ4n) is 2.84. The summed E-state index contributed by atoms with van der Waals surface area (Å²) in [5.41, 5.74) is 0. The molecular weight excluding hydrogens is 415 g/mol. The van der Waals surface area contributed by atoms with E-state index in [1.165, 1.54) is 43.0 Å². The Labute approximate surface area is 158 Å². The van der Waals surface area contributed by atoms with Crippen LogP contribution in [0.1, 0.15) is 80.1 Å². The van der Waals surface area contributed by atoms with Crippen LogP contribution in [0.3, 0.4) is 0 Å². The Morgan fingerprint density at radius 1 is 0.833 bits per heavy atom. The van der Waals surface area contributed by atoms with Gasteiger partial charge >= 0.3 is 159 Å². The fraction of sp³-hybridized carbons (Fsp3) is 0.905. The van der Waals surface area contributed by atoms with Gasteiger partial charge in [-0.2, -0.15) is 0 Å². The minimum absolute atomic E-state index is 0.245. The van der Waals surface area contributed by atoms with Gasteiger partial charge in [-0.15, -0.1) is 0 Å². The van der Waals surface area contributed by atoms with Crippen LogP contribution in [0.15, 0.2) is 0 Å². The van der Waals surface area contributed by atoms with Gasteiger partial charge in [0.1, 0.15) is 0 Å². The summed E-state index contributed by atoms with van der Waals surface area (Å²) in [4.78, 5) is 0. The second kappa shape index (κ2) is 11.9. The van der Waals surface area contributed by atoms with E-state index in [0.29, 0.717) is 0 Å². The predicted molar refractivity (Wildman–Crippen MR) is 116 cm³/mol. The average molecular weight is 459 g/mol. The zero-order valence-corrected chi connectivity index (χ0v) is 21.8. The molecule has 0 fully saturated rings. The molecule has 0 aliphatic carbocycles. The van der Waals surface area contributed by atoms with Crippen molar-refractivity contribution in [1.29, 1.82) is 0 Å². The third-order valence-electron chi connectivity index (χ3n) is 5.83. The molecule has 142 valence electrons. The SMILES string of the molecule is CCC[CH2][Sn]([CH2]C#CO[Si](C)(C)C(C)(C)C)([CH2]CCC)[CH2]CCC. The maximum absolute atomic E-state index is 6.11. The van der Waals surface area contributed by atoms with Gasteiger partial charge in [-0.25, -0.2) is 0 Å². The summed E-state index contributed by atoms with van der Waals surface area (Å²) < 4.78 is 12.0. The standard InChI is InChI=1S/C9H17OSi.3C4H9.Sn/c1-7-8-10-11(5,6)9(2,3)4;3*1-3-4-2;/h1H2,2-6H3;3*1,3-4H2,2H3;. The maximum atomic E-state index is 6.11. The van der Waals surface area contributed by atoms with E-state index in [-0.39, 0.29) is 5.04 Å². The Kier molecular flexibility index (Phi) is 12.1. The molecule has 0 aromatic rings. The van der Waals surface area contributed by atoms with E-state index in [2.05, 4.69) is 66.7 Å². The molecule has 0 amide bonds. The molecule has 0 rings (SSSR count). The van der Waals surface area contributed by atoms with E-state index >= 15 is 0 Å². The van der Waals surface area contributed by atoms with Gasteiger partial charge in [-0.1, -0.05) is 0 Å². The van der Waals surface area contributed by atoms with E-state index in [4.69, 9.17) is 4.43 Å². The minimum atomic E-state index is -2.09. The van der Waals surface area contributed by atoms with Crippen LogP contribution >= 0.6 is 0 Å². The zero-order chi connectivity index (χ0) is 18.7. The molecule has 0 bridgehead atoms. The third kappa shape index (κ3) is 9.18. The normalized spacial score (nSPS) is 12.7. The van der Waals surface area contributed by atoms with Crippen molar-refractivity contribution < 1.29 is 4.43 Å². The number of unbranched alkanes of at least 4 members (excludes halogenated alkanes) is 3. The Bertz CT molecular complexity index is 365. The van der Waals surface area contributed by atoms with Gasteiger partial charge in [0, 0.05) is 0 Å². The molecule has 0 unspecified atom stereocenters. The van der Waals surface area contributed by atoms with Crippen molar-refractivity contribution in [1.82, 2.24) is 0 Å². The summed E-state index contributed by atoms with van der Waals surface area (Å²) in [5, 5.41) is 0.245. The number of hydrogen-bond acceptors (Lipinski definition) is 1. The summed E-state index contributed by atoms with van der Waals surface area (Å²) >= 11 is -2.09. The molecule has 3 heteroatoms. The molecule has 0 saturated carbocycles. The van der Waals surface area contributed by atoms with Crippen molar-refractivity contribution in [3.63, 3.8) is 0 Å². The zero-order valence-electron chi connectivity index (χ0n) is 18.0. The number of hydrogen-bond donors (Lipinski definition) is 0. The first-order chi connectivity index (χ1) is 11.1. The van der Waals surface area contributed by atoms with Gasteiger partial charge in [0.15, 0.2) is 0 Å². The van der Waals surface area contributed by atoms with Gasteiger partial charge < -0.3 is 0 Å².